The van der Waals surface area contributed by atoms with E-state index in [-0.39, 0.29) is 43.1 Å². The number of nitrogens with zero attached hydrogens (tertiary/aromatic N) is 3. The number of pyridine rings is 1. The van der Waals surface area contributed by atoms with Crippen LogP contribution in [-0.4, -0.2) is 19.6 Å². The number of benzene rings is 7. The largest absolute Gasteiger partial charge is 0.507 e. The van der Waals surface area contributed by atoms with Gasteiger partial charge in [-0.05, 0) is 74.0 Å². The van der Waals surface area contributed by atoms with E-state index in [1.807, 2.05) is 12.3 Å². The number of fused-ring (bicyclic) bond motifs is 4. The number of rotatable bonds is 6. The quantitative estimate of drug-likeness (QED) is 0.169. The Balaban J connectivity index is 0.00000518. The van der Waals surface area contributed by atoms with Crippen LogP contribution in [-0.2, 0) is 37.3 Å². The fourth-order valence-electron chi connectivity index (χ4n) is 9.57. The van der Waals surface area contributed by atoms with Crippen molar-refractivity contribution in [2.75, 3.05) is 0 Å². The SMILES string of the molecule is CC(C)(C)c1cc(-c2nc3c(-c4[c-]c(-c5nccc6c5-c5ccccc5C6(C)C)cc(-c5ccccc5)c4)cccc3n2-c2ccccc2-c2ccccc2)c(O)c(C(C)(C)C)c1.[Pt]. The van der Waals surface area contributed by atoms with E-state index in [1.54, 1.807) is 0 Å². The topological polar surface area (TPSA) is 50.9 Å². The third-order valence-corrected chi connectivity index (χ3v) is 13.0. The van der Waals surface area contributed by atoms with Crippen LogP contribution in [0.15, 0.2) is 164 Å². The Morgan fingerprint density at radius 2 is 1.19 bits per heavy atom. The zero-order valence-electron chi connectivity index (χ0n) is 37.7. The Labute approximate surface area is 392 Å². The van der Waals surface area contributed by atoms with Crippen LogP contribution in [0.1, 0.15) is 77.6 Å². The summed E-state index contributed by atoms with van der Waals surface area (Å²) in [6.07, 6.45) is 1.95. The Kier molecular flexibility index (Phi) is 10.7. The third kappa shape index (κ3) is 7.23. The second-order valence-electron chi connectivity index (χ2n) is 19.6. The van der Waals surface area contributed by atoms with Crippen molar-refractivity contribution < 1.29 is 26.2 Å². The van der Waals surface area contributed by atoms with E-state index in [0.717, 1.165) is 78.0 Å². The molecule has 0 atom stereocenters. The van der Waals surface area contributed by atoms with Crippen molar-refractivity contribution in [1.29, 1.82) is 0 Å². The van der Waals surface area contributed by atoms with Gasteiger partial charge in [-0.15, -0.1) is 23.8 Å². The van der Waals surface area contributed by atoms with Crippen molar-refractivity contribution >= 4 is 11.0 Å². The first-order valence-electron chi connectivity index (χ1n) is 22.0. The summed E-state index contributed by atoms with van der Waals surface area (Å²) in [6.45, 7) is 17.8. The fraction of sp³-hybridized carbons (Fsp3) is 0.186. The first-order valence-corrected chi connectivity index (χ1v) is 22.0. The first-order chi connectivity index (χ1) is 30.2. The summed E-state index contributed by atoms with van der Waals surface area (Å²) in [5, 5.41) is 12.5. The minimum atomic E-state index is -0.325. The van der Waals surface area contributed by atoms with Crippen LogP contribution in [0.3, 0.4) is 0 Å². The molecule has 0 aliphatic heterocycles. The number of phenols is 1. The predicted molar refractivity (Wildman–Crippen MR) is 262 cm³/mol. The van der Waals surface area contributed by atoms with Crippen molar-refractivity contribution in [2.24, 2.45) is 0 Å². The van der Waals surface area contributed by atoms with Gasteiger partial charge in [0.1, 0.15) is 11.6 Å². The van der Waals surface area contributed by atoms with Crippen LogP contribution < -0.4 is 0 Å². The number of hydrogen-bond acceptors (Lipinski definition) is 3. The van der Waals surface area contributed by atoms with Crippen LogP contribution in [0, 0.1) is 6.07 Å². The number of hydrogen-bond donors (Lipinski definition) is 1. The maximum Gasteiger partial charge on any atom is 0.148 e. The number of aromatic hydroxyl groups is 1. The van der Waals surface area contributed by atoms with Crippen LogP contribution in [0.4, 0.5) is 0 Å². The molecule has 4 nitrogen and oxygen atoms in total. The molecule has 7 aromatic carbocycles. The summed E-state index contributed by atoms with van der Waals surface area (Å²) >= 11 is 0. The third-order valence-electron chi connectivity index (χ3n) is 13.0. The van der Waals surface area contributed by atoms with Crippen LogP contribution in [0.5, 0.6) is 5.75 Å². The van der Waals surface area contributed by atoms with Crippen LogP contribution in [0.25, 0.3) is 83.9 Å². The Hall–Kier alpha value is -6.35. The molecule has 0 fully saturated rings. The van der Waals surface area contributed by atoms with E-state index in [0.29, 0.717) is 11.4 Å². The zero-order valence-corrected chi connectivity index (χ0v) is 40.0. The van der Waals surface area contributed by atoms with Crippen LogP contribution in [0.2, 0.25) is 0 Å². The summed E-state index contributed by atoms with van der Waals surface area (Å²) in [5.41, 5.74) is 17.8. The number of imidazole rings is 1. The van der Waals surface area contributed by atoms with Gasteiger partial charge in [0.05, 0.1) is 22.3 Å². The molecule has 2 heterocycles. The standard InChI is InChI=1S/C59H52N3O.Pt/c1-57(2,3)42-35-46(55(63)49(36-42)58(4,5)6)56-61-54-44(26-19-29-51(54)62(56)50-28-18-16-24-43(50)38-22-13-10-14-23-38)40-32-39(37-20-11-9-12-21-37)33-41(34-40)53-52-45-25-15-17-27-47(45)59(7,8)48(52)30-31-60-53;/h9-33,35-36,63H,1-8H3;/q-1;. The van der Waals surface area contributed by atoms with Crippen molar-refractivity contribution in [2.45, 2.75) is 71.6 Å². The van der Waals surface area contributed by atoms with Gasteiger partial charge in [0.25, 0.3) is 0 Å². The normalized spacial score (nSPS) is 13.1. The Bertz CT molecular complexity index is 3220. The average molecular weight is 1010 g/mol. The van der Waals surface area contributed by atoms with Gasteiger partial charge in [0.2, 0.25) is 0 Å². The van der Waals surface area contributed by atoms with Crippen molar-refractivity contribution in [3.05, 3.63) is 192 Å². The number of phenolic OH excluding ortho intramolecular Hbond substituents is 1. The maximum atomic E-state index is 12.5. The predicted octanol–water partition coefficient (Wildman–Crippen LogP) is 15.2. The van der Waals surface area contributed by atoms with Gasteiger partial charge in [0.15, 0.2) is 0 Å². The van der Waals surface area contributed by atoms with E-state index < -0.39 is 0 Å². The molecule has 1 aliphatic carbocycles. The first kappa shape index (κ1) is 42.9. The molecule has 0 radical (unpaired) electrons. The molecule has 2 aromatic heterocycles. The van der Waals surface area contributed by atoms with Gasteiger partial charge in [0, 0.05) is 49.5 Å². The second kappa shape index (κ2) is 16.0. The summed E-state index contributed by atoms with van der Waals surface area (Å²) in [7, 11) is 0. The van der Waals surface area contributed by atoms with Crippen LogP contribution >= 0.6 is 0 Å². The van der Waals surface area contributed by atoms with Crippen molar-refractivity contribution in [1.82, 2.24) is 14.5 Å². The molecule has 1 aliphatic rings. The van der Waals surface area contributed by atoms with E-state index in [4.69, 9.17) is 9.97 Å². The smallest absolute Gasteiger partial charge is 0.148 e. The minimum Gasteiger partial charge on any atom is -0.507 e. The molecular weight excluding hydrogens is 962 g/mol. The fourth-order valence-corrected chi connectivity index (χ4v) is 9.57. The molecule has 0 saturated heterocycles. The molecule has 10 rings (SSSR count). The zero-order chi connectivity index (χ0) is 43.8. The monoisotopic (exact) mass is 1010 g/mol. The molecule has 5 heteroatoms. The summed E-state index contributed by atoms with van der Waals surface area (Å²) in [4.78, 5) is 10.8. The van der Waals surface area contributed by atoms with E-state index in [1.165, 1.54) is 16.7 Å². The van der Waals surface area contributed by atoms with Gasteiger partial charge < -0.3 is 5.11 Å². The molecule has 0 saturated carbocycles. The molecule has 9 aromatic rings. The molecule has 1 N–H and O–H groups in total. The maximum absolute atomic E-state index is 12.5. The van der Waals surface area contributed by atoms with Gasteiger partial charge in [-0.2, -0.15) is 0 Å². The van der Waals surface area contributed by atoms with Crippen molar-refractivity contribution in [3.63, 3.8) is 0 Å². The minimum absolute atomic E-state index is 0. The van der Waals surface area contributed by atoms with Gasteiger partial charge in [-0.25, -0.2) is 4.98 Å². The van der Waals surface area contributed by atoms with Gasteiger partial charge in [-0.3, -0.25) is 9.55 Å². The second-order valence-corrected chi connectivity index (χ2v) is 19.6. The Morgan fingerprint density at radius 3 is 1.89 bits per heavy atom. The number of para-hydroxylation sites is 2. The molecule has 0 spiro atoms. The molecule has 0 amide bonds. The van der Waals surface area contributed by atoms with E-state index in [9.17, 15) is 5.11 Å². The summed E-state index contributed by atoms with van der Waals surface area (Å²) in [5.74, 6) is 0.925. The molecule has 320 valence electrons. The van der Waals surface area contributed by atoms with Crippen molar-refractivity contribution in [3.8, 4) is 78.6 Å². The molecule has 64 heavy (non-hydrogen) atoms. The van der Waals surface area contributed by atoms with Gasteiger partial charge in [-0.1, -0.05) is 193 Å². The summed E-state index contributed by atoms with van der Waals surface area (Å²) < 4.78 is 2.25. The van der Waals surface area contributed by atoms with E-state index >= 15 is 0 Å². The van der Waals surface area contributed by atoms with E-state index in [2.05, 4.69) is 218 Å². The molecular formula is C59H52N3OPt-. The van der Waals surface area contributed by atoms with Gasteiger partial charge >= 0.3 is 0 Å². The molecule has 0 bridgehead atoms. The molecule has 0 unspecified atom stereocenters. The number of aromatic nitrogens is 3. The summed E-state index contributed by atoms with van der Waals surface area (Å²) in [6, 6.07) is 59.6. The Morgan fingerprint density at radius 1 is 0.562 bits per heavy atom. The average Bonchev–Trinajstić information content (AvgIpc) is 3.78.